The van der Waals surface area contributed by atoms with Gasteiger partial charge in [-0.15, -0.1) is 0 Å². The summed E-state index contributed by atoms with van der Waals surface area (Å²) < 4.78 is 10.7. The van der Waals surface area contributed by atoms with Crippen LogP contribution in [0.15, 0.2) is 54.4 Å². The SMILES string of the molecule is COc1cccc([C@@H]2/C(=C(\O)c3ccncc3)C(=O)C(=O)N2CCCN2CCOCC2)c1. The molecule has 8 heteroatoms. The number of ether oxygens (including phenoxy) is 2. The number of aliphatic hydroxyl groups excluding tert-OH is 1. The second kappa shape index (κ2) is 9.93. The molecule has 2 aliphatic rings. The number of ketones is 1. The van der Waals surface area contributed by atoms with Gasteiger partial charge in [-0.25, -0.2) is 0 Å². The third kappa shape index (κ3) is 4.51. The topological polar surface area (TPSA) is 92.2 Å². The van der Waals surface area contributed by atoms with Crippen molar-refractivity contribution in [1.82, 2.24) is 14.8 Å². The predicted octanol–water partition coefficient (Wildman–Crippen LogP) is 2.23. The molecule has 0 saturated carbocycles. The summed E-state index contributed by atoms with van der Waals surface area (Å²) in [6.45, 7) is 4.35. The van der Waals surface area contributed by atoms with E-state index >= 15 is 0 Å². The van der Waals surface area contributed by atoms with Crippen LogP contribution in [0.1, 0.15) is 23.6 Å². The molecule has 1 amide bonds. The number of aromatic nitrogens is 1. The first-order valence-electron chi connectivity index (χ1n) is 10.7. The van der Waals surface area contributed by atoms with E-state index in [2.05, 4.69) is 9.88 Å². The lowest BCUT2D eigenvalue weighted by Crippen LogP contribution is -2.38. The second-order valence-electron chi connectivity index (χ2n) is 7.81. The summed E-state index contributed by atoms with van der Waals surface area (Å²) in [6.07, 6.45) is 3.78. The Balaban J connectivity index is 1.67. The van der Waals surface area contributed by atoms with Crippen molar-refractivity contribution >= 4 is 17.4 Å². The molecule has 3 heterocycles. The number of rotatable bonds is 7. The number of hydrogen-bond acceptors (Lipinski definition) is 7. The van der Waals surface area contributed by atoms with E-state index < -0.39 is 17.7 Å². The minimum atomic E-state index is -0.692. The van der Waals surface area contributed by atoms with Crippen LogP contribution in [0.5, 0.6) is 5.75 Å². The lowest BCUT2D eigenvalue weighted by molar-refractivity contribution is -0.140. The van der Waals surface area contributed by atoms with Gasteiger partial charge in [-0.2, -0.15) is 0 Å². The molecule has 0 radical (unpaired) electrons. The summed E-state index contributed by atoms with van der Waals surface area (Å²) in [5, 5.41) is 11.0. The van der Waals surface area contributed by atoms with Crippen molar-refractivity contribution in [3.63, 3.8) is 0 Å². The van der Waals surface area contributed by atoms with E-state index in [9.17, 15) is 14.7 Å². The van der Waals surface area contributed by atoms with Crippen LogP contribution in [0.4, 0.5) is 0 Å². The van der Waals surface area contributed by atoms with Gasteiger partial charge in [-0.05, 0) is 36.2 Å². The fraction of sp³-hybridized carbons (Fsp3) is 0.375. The molecule has 0 unspecified atom stereocenters. The van der Waals surface area contributed by atoms with Crippen molar-refractivity contribution < 1.29 is 24.2 Å². The summed E-state index contributed by atoms with van der Waals surface area (Å²) in [7, 11) is 1.56. The fourth-order valence-electron chi connectivity index (χ4n) is 4.22. The summed E-state index contributed by atoms with van der Waals surface area (Å²) >= 11 is 0. The van der Waals surface area contributed by atoms with Crippen LogP contribution in [0.25, 0.3) is 5.76 Å². The maximum atomic E-state index is 13.1. The van der Waals surface area contributed by atoms with E-state index in [1.54, 1.807) is 36.3 Å². The van der Waals surface area contributed by atoms with Gasteiger partial charge in [0.25, 0.3) is 11.7 Å². The highest BCUT2D eigenvalue weighted by Gasteiger charge is 2.45. The molecule has 2 aliphatic heterocycles. The number of hydrogen-bond donors (Lipinski definition) is 1. The number of benzene rings is 1. The van der Waals surface area contributed by atoms with Crippen LogP contribution >= 0.6 is 0 Å². The molecule has 1 aromatic carbocycles. The van der Waals surface area contributed by atoms with Gasteiger partial charge in [-0.3, -0.25) is 19.5 Å². The average molecular weight is 437 g/mol. The van der Waals surface area contributed by atoms with E-state index in [-0.39, 0.29) is 11.3 Å². The Kier molecular flexibility index (Phi) is 6.82. The first-order chi connectivity index (χ1) is 15.6. The van der Waals surface area contributed by atoms with E-state index in [1.165, 1.54) is 12.4 Å². The molecule has 168 valence electrons. The maximum absolute atomic E-state index is 13.1. The zero-order valence-electron chi connectivity index (χ0n) is 18.1. The van der Waals surface area contributed by atoms with Crippen LogP contribution in [0.2, 0.25) is 0 Å². The average Bonchev–Trinajstić information content (AvgIpc) is 3.10. The van der Waals surface area contributed by atoms with Crippen molar-refractivity contribution in [1.29, 1.82) is 0 Å². The van der Waals surface area contributed by atoms with Crippen LogP contribution in [0.3, 0.4) is 0 Å². The Labute approximate surface area is 187 Å². The number of morpholine rings is 1. The van der Waals surface area contributed by atoms with Crippen molar-refractivity contribution in [3.8, 4) is 5.75 Å². The third-order valence-electron chi connectivity index (χ3n) is 5.88. The fourth-order valence-corrected chi connectivity index (χ4v) is 4.22. The third-order valence-corrected chi connectivity index (χ3v) is 5.88. The number of Topliss-reactive ketones (excluding diaryl/α,β-unsaturated/α-hetero) is 1. The number of carbonyl (C=O) groups excluding carboxylic acids is 2. The van der Waals surface area contributed by atoms with E-state index in [1.807, 2.05) is 12.1 Å². The number of likely N-dealkylation sites (tertiary alicyclic amines) is 1. The predicted molar refractivity (Wildman–Crippen MR) is 118 cm³/mol. The second-order valence-corrected chi connectivity index (χ2v) is 7.81. The Morgan fingerprint density at radius 3 is 2.62 bits per heavy atom. The zero-order chi connectivity index (χ0) is 22.5. The highest BCUT2D eigenvalue weighted by molar-refractivity contribution is 6.46. The van der Waals surface area contributed by atoms with Gasteiger partial charge >= 0.3 is 0 Å². The van der Waals surface area contributed by atoms with Crippen LogP contribution in [0, 0.1) is 0 Å². The molecule has 1 aromatic heterocycles. The number of methoxy groups -OCH3 is 1. The lowest BCUT2D eigenvalue weighted by Gasteiger charge is -2.29. The Bertz CT molecular complexity index is 1000. The molecule has 8 nitrogen and oxygen atoms in total. The standard InChI is InChI=1S/C24H27N3O5/c1-31-19-5-2-4-18(16-19)21-20(22(28)17-6-8-25-9-7-17)23(29)24(30)27(21)11-3-10-26-12-14-32-15-13-26/h2,4-9,16,21,28H,3,10-15H2,1H3/b22-20+/t21-/m1/s1. The van der Waals surface area contributed by atoms with Crippen LogP contribution < -0.4 is 4.74 Å². The van der Waals surface area contributed by atoms with Gasteiger partial charge < -0.3 is 19.5 Å². The molecule has 0 bridgehead atoms. The van der Waals surface area contributed by atoms with E-state index in [4.69, 9.17) is 9.47 Å². The number of pyridine rings is 1. The molecule has 4 rings (SSSR count). The van der Waals surface area contributed by atoms with Crippen LogP contribution in [-0.2, 0) is 14.3 Å². The Hall–Kier alpha value is -3.23. The molecule has 1 N–H and O–H groups in total. The lowest BCUT2D eigenvalue weighted by atomic mass is 9.95. The van der Waals surface area contributed by atoms with Gasteiger partial charge in [0.15, 0.2) is 0 Å². The largest absolute Gasteiger partial charge is 0.507 e. The number of carbonyl (C=O) groups is 2. The van der Waals surface area contributed by atoms with E-state index in [0.29, 0.717) is 43.1 Å². The van der Waals surface area contributed by atoms with Gasteiger partial charge in [0.05, 0.1) is 31.9 Å². The van der Waals surface area contributed by atoms with Gasteiger partial charge in [0.2, 0.25) is 0 Å². The van der Waals surface area contributed by atoms with Crippen molar-refractivity contribution in [2.75, 3.05) is 46.5 Å². The monoisotopic (exact) mass is 437 g/mol. The normalized spacial score (nSPS) is 21.2. The molecule has 0 aliphatic carbocycles. The smallest absolute Gasteiger partial charge is 0.295 e. The van der Waals surface area contributed by atoms with Crippen molar-refractivity contribution in [2.45, 2.75) is 12.5 Å². The van der Waals surface area contributed by atoms with Crippen molar-refractivity contribution in [3.05, 3.63) is 65.5 Å². The molecular weight excluding hydrogens is 410 g/mol. The summed E-state index contributed by atoms with van der Waals surface area (Å²) in [6, 6.07) is 9.79. The number of nitrogens with zero attached hydrogens (tertiary/aromatic N) is 3. The minimum Gasteiger partial charge on any atom is -0.507 e. The Morgan fingerprint density at radius 2 is 1.91 bits per heavy atom. The van der Waals surface area contributed by atoms with Crippen LogP contribution in [-0.4, -0.2) is 78.1 Å². The first kappa shape index (κ1) is 22.0. The molecule has 2 saturated heterocycles. The zero-order valence-corrected chi connectivity index (χ0v) is 18.1. The highest BCUT2D eigenvalue weighted by Crippen LogP contribution is 2.40. The summed E-state index contributed by atoms with van der Waals surface area (Å²) in [5.41, 5.74) is 1.24. The molecule has 32 heavy (non-hydrogen) atoms. The summed E-state index contributed by atoms with van der Waals surface area (Å²) in [5.74, 6) is -0.867. The molecule has 0 spiro atoms. The molecule has 2 aromatic rings. The molecule has 2 fully saturated rings. The molecular formula is C24H27N3O5. The number of aliphatic hydroxyl groups is 1. The highest BCUT2D eigenvalue weighted by atomic mass is 16.5. The quantitative estimate of drug-likeness (QED) is 0.403. The Morgan fingerprint density at radius 1 is 1.16 bits per heavy atom. The summed E-state index contributed by atoms with van der Waals surface area (Å²) in [4.78, 5) is 33.9. The van der Waals surface area contributed by atoms with E-state index in [0.717, 1.165) is 19.6 Å². The van der Waals surface area contributed by atoms with Gasteiger partial charge in [0.1, 0.15) is 11.5 Å². The first-order valence-corrected chi connectivity index (χ1v) is 10.7. The molecule has 1 atom stereocenters. The van der Waals surface area contributed by atoms with Crippen molar-refractivity contribution in [2.24, 2.45) is 0 Å². The maximum Gasteiger partial charge on any atom is 0.295 e. The van der Waals surface area contributed by atoms with Gasteiger partial charge in [-0.1, -0.05) is 12.1 Å². The minimum absolute atomic E-state index is 0.0841. The number of amides is 1. The van der Waals surface area contributed by atoms with Gasteiger partial charge in [0, 0.05) is 44.1 Å².